The van der Waals surface area contributed by atoms with Crippen molar-refractivity contribution in [2.24, 2.45) is 5.92 Å². The van der Waals surface area contributed by atoms with Gasteiger partial charge in [-0.05, 0) is 32.2 Å². The van der Waals surface area contributed by atoms with Gasteiger partial charge in [-0.3, -0.25) is 0 Å². The molecule has 0 aromatic carbocycles. The molecule has 17 heavy (non-hydrogen) atoms. The van der Waals surface area contributed by atoms with Crippen molar-refractivity contribution in [3.05, 3.63) is 11.1 Å². The molecule has 1 aliphatic carbocycles. The first-order chi connectivity index (χ1) is 8.22. The van der Waals surface area contributed by atoms with Crippen LogP contribution in [-0.4, -0.2) is 38.1 Å². The molecule has 1 heterocycles. The average molecular weight is 237 g/mol. The maximum atomic E-state index is 11.9. The number of methoxy groups -OCH3 is 1. The zero-order valence-corrected chi connectivity index (χ0v) is 11.0. The van der Waals surface area contributed by atoms with Crippen molar-refractivity contribution >= 4 is 5.97 Å². The second-order valence-electron chi connectivity index (χ2n) is 5.32. The molecule has 2 rings (SSSR count). The zero-order chi connectivity index (χ0) is 12.3. The van der Waals surface area contributed by atoms with Gasteiger partial charge in [0, 0.05) is 13.1 Å². The van der Waals surface area contributed by atoms with E-state index in [1.165, 1.54) is 44.8 Å². The topological polar surface area (TPSA) is 29.5 Å². The third-order valence-electron chi connectivity index (χ3n) is 4.11. The molecule has 0 radical (unpaired) electrons. The fourth-order valence-corrected chi connectivity index (χ4v) is 3.13. The van der Waals surface area contributed by atoms with Crippen LogP contribution in [0.3, 0.4) is 0 Å². The van der Waals surface area contributed by atoms with E-state index >= 15 is 0 Å². The van der Waals surface area contributed by atoms with E-state index in [-0.39, 0.29) is 5.97 Å². The van der Waals surface area contributed by atoms with Crippen molar-refractivity contribution in [1.29, 1.82) is 0 Å². The molecule has 2 aliphatic rings. The summed E-state index contributed by atoms with van der Waals surface area (Å²) in [6, 6.07) is 0. The summed E-state index contributed by atoms with van der Waals surface area (Å²) in [6.07, 6.45) is 7.57. The Kier molecular flexibility index (Phi) is 4.21. The smallest absolute Gasteiger partial charge is 0.335 e. The molecule has 0 aromatic rings. The molecule has 0 saturated heterocycles. The lowest BCUT2D eigenvalue weighted by atomic mass is 9.79. The van der Waals surface area contributed by atoms with Gasteiger partial charge in [0.05, 0.1) is 12.7 Å². The summed E-state index contributed by atoms with van der Waals surface area (Å²) < 4.78 is 4.94. The number of hydrogen-bond donors (Lipinski definition) is 0. The Morgan fingerprint density at radius 3 is 2.65 bits per heavy atom. The van der Waals surface area contributed by atoms with E-state index in [2.05, 4.69) is 11.9 Å². The molecule has 0 N–H and O–H groups in total. The molecular formula is C14H23NO2. The Labute approximate surface area is 104 Å². The Hall–Kier alpha value is -0.830. The lowest BCUT2D eigenvalue weighted by Gasteiger charge is -2.32. The third kappa shape index (κ3) is 2.89. The van der Waals surface area contributed by atoms with Gasteiger partial charge < -0.3 is 9.64 Å². The Bertz CT molecular complexity index is 316. The molecular weight excluding hydrogens is 214 g/mol. The van der Waals surface area contributed by atoms with Gasteiger partial charge in [-0.25, -0.2) is 4.79 Å². The third-order valence-corrected chi connectivity index (χ3v) is 4.11. The van der Waals surface area contributed by atoms with Crippen LogP contribution in [0.4, 0.5) is 0 Å². The van der Waals surface area contributed by atoms with Crippen molar-refractivity contribution in [2.75, 3.05) is 27.2 Å². The lowest BCUT2D eigenvalue weighted by molar-refractivity contribution is -0.136. The monoisotopic (exact) mass is 237 g/mol. The minimum atomic E-state index is -0.114. The Morgan fingerprint density at radius 1 is 1.29 bits per heavy atom. The first-order valence-electron chi connectivity index (χ1n) is 6.71. The van der Waals surface area contributed by atoms with Gasteiger partial charge in [-0.15, -0.1) is 0 Å². The number of esters is 1. The fraction of sp³-hybridized carbons (Fsp3) is 0.786. The van der Waals surface area contributed by atoms with E-state index in [0.717, 1.165) is 25.1 Å². The fourth-order valence-electron chi connectivity index (χ4n) is 3.13. The quantitative estimate of drug-likeness (QED) is 0.691. The average Bonchev–Trinajstić information content (AvgIpc) is 2.38. The Morgan fingerprint density at radius 2 is 2.00 bits per heavy atom. The largest absolute Gasteiger partial charge is 0.466 e. The van der Waals surface area contributed by atoms with Gasteiger partial charge in [-0.2, -0.15) is 0 Å². The molecule has 0 atom stereocenters. The Balaban J connectivity index is 2.20. The SMILES string of the molecule is COC(=O)C1=C(C2CCCCC2)CCN(C)C1. The van der Waals surface area contributed by atoms with Crippen molar-refractivity contribution in [1.82, 2.24) is 4.90 Å². The van der Waals surface area contributed by atoms with E-state index in [1.807, 2.05) is 0 Å². The maximum Gasteiger partial charge on any atom is 0.335 e. The van der Waals surface area contributed by atoms with E-state index in [0.29, 0.717) is 5.92 Å². The minimum Gasteiger partial charge on any atom is -0.466 e. The number of ether oxygens (including phenoxy) is 1. The number of rotatable bonds is 2. The van der Waals surface area contributed by atoms with Crippen LogP contribution in [0, 0.1) is 5.92 Å². The highest BCUT2D eigenvalue weighted by molar-refractivity contribution is 5.90. The van der Waals surface area contributed by atoms with Crippen LogP contribution in [0.15, 0.2) is 11.1 Å². The first-order valence-corrected chi connectivity index (χ1v) is 6.71. The number of carbonyl (C=O) groups excluding carboxylic acids is 1. The summed E-state index contributed by atoms with van der Waals surface area (Å²) >= 11 is 0. The number of likely N-dealkylation sites (N-methyl/N-ethyl adjacent to an activating group) is 1. The van der Waals surface area contributed by atoms with Crippen molar-refractivity contribution in [2.45, 2.75) is 38.5 Å². The van der Waals surface area contributed by atoms with Crippen molar-refractivity contribution in [3.8, 4) is 0 Å². The molecule has 0 amide bonds. The van der Waals surface area contributed by atoms with Gasteiger partial charge in [0.2, 0.25) is 0 Å². The molecule has 0 spiro atoms. The predicted molar refractivity (Wildman–Crippen MR) is 67.7 cm³/mol. The number of nitrogens with zero attached hydrogens (tertiary/aromatic N) is 1. The van der Waals surface area contributed by atoms with Gasteiger partial charge in [0.15, 0.2) is 0 Å². The normalized spacial score (nSPS) is 23.9. The second-order valence-corrected chi connectivity index (χ2v) is 5.32. The summed E-state index contributed by atoms with van der Waals surface area (Å²) in [5.74, 6) is 0.531. The number of hydrogen-bond acceptors (Lipinski definition) is 3. The highest BCUT2D eigenvalue weighted by Crippen LogP contribution is 2.35. The van der Waals surface area contributed by atoms with Gasteiger partial charge in [0.1, 0.15) is 0 Å². The summed E-state index contributed by atoms with van der Waals surface area (Å²) in [7, 11) is 3.56. The summed E-state index contributed by atoms with van der Waals surface area (Å²) in [4.78, 5) is 14.1. The van der Waals surface area contributed by atoms with Crippen LogP contribution in [0.25, 0.3) is 0 Å². The van der Waals surface area contributed by atoms with Gasteiger partial charge in [0.25, 0.3) is 0 Å². The second kappa shape index (κ2) is 5.67. The van der Waals surface area contributed by atoms with Crippen LogP contribution in [0.5, 0.6) is 0 Å². The van der Waals surface area contributed by atoms with Crippen molar-refractivity contribution < 1.29 is 9.53 Å². The molecule has 3 heteroatoms. The van der Waals surface area contributed by atoms with Gasteiger partial charge in [-0.1, -0.05) is 24.8 Å². The standard InChI is InChI=1S/C14H23NO2/c1-15-9-8-12(11-6-4-3-5-7-11)13(10-15)14(16)17-2/h11H,3-10H2,1-2H3. The van der Waals surface area contributed by atoms with E-state index in [4.69, 9.17) is 4.74 Å². The highest BCUT2D eigenvalue weighted by atomic mass is 16.5. The van der Waals surface area contributed by atoms with Crippen LogP contribution in [-0.2, 0) is 9.53 Å². The summed E-state index contributed by atoms with van der Waals surface area (Å²) in [5, 5.41) is 0. The maximum absolute atomic E-state index is 11.9. The van der Waals surface area contributed by atoms with Crippen molar-refractivity contribution in [3.63, 3.8) is 0 Å². The minimum absolute atomic E-state index is 0.114. The van der Waals surface area contributed by atoms with Crippen LogP contribution < -0.4 is 0 Å². The van der Waals surface area contributed by atoms with Crippen LogP contribution in [0.1, 0.15) is 38.5 Å². The molecule has 0 unspecified atom stereocenters. The molecule has 1 aliphatic heterocycles. The molecule has 1 saturated carbocycles. The molecule has 0 aromatic heterocycles. The van der Waals surface area contributed by atoms with Crippen LogP contribution in [0.2, 0.25) is 0 Å². The van der Waals surface area contributed by atoms with Gasteiger partial charge >= 0.3 is 5.97 Å². The zero-order valence-electron chi connectivity index (χ0n) is 11.0. The first kappa shape index (κ1) is 12.6. The lowest BCUT2D eigenvalue weighted by Crippen LogP contribution is -2.33. The van der Waals surface area contributed by atoms with E-state index in [9.17, 15) is 4.79 Å². The number of carbonyl (C=O) groups is 1. The summed E-state index contributed by atoms with van der Waals surface area (Å²) in [6.45, 7) is 1.84. The summed E-state index contributed by atoms with van der Waals surface area (Å²) in [5.41, 5.74) is 2.34. The van der Waals surface area contributed by atoms with Crippen LogP contribution >= 0.6 is 0 Å². The highest BCUT2D eigenvalue weighted by Gasteiger charge is 2.28. The van der Waals surface area contributed by atoms with E-state index in [1.54, 1.807) is 0 Å². The van der Waals surface area contributed by atoms with E-state index < -0.39 is 0 Å². The molecule has 96 valence electrons. The molecule has 3 nitrogen and oxygen atoms in total. The predicted octanol–water partition coefficient (Wildman–Crippen LogP) is 2.37. The molecule has 0 bridgehead atoms. The molecule has 1 fully saturated rings.